The highest BCUT2D eigenvalue weighted by Crippen LogP contribution is 2.65. The molecule has 0 saturated heterocycles. The Balaban J connectivity index is 4.85. The average molecular weight is 259 g/mol. The van der Waals surface area contributed by atoms with Crippen LogP contribution in [0.4, 0.5) is 0 Å². The molecule has 1 atom stereocenters. The Morgan fingerprint density at radius 3 is 1.12 bits per heavy atom. The molecule has 16 heavy (non-hydrogen) atoms. The third kappa shape index (κ3) is 5.51. The molecule has 2 radical (unpaired) electrons. The molecule has 3 heteroatoms. The van der Waals surface area contributed by atoms with Crippen LogP contribution >= 0.6 is 15.6 Å². The van der Waals surface area contributed by atoms with Gasteiger partial charge in [-0.1, -0.05) is 84.4 Å². The van der Waals surface area contributed by atoms with Gasteiger partial charge in [0.25, 0.3) is 0 Å². The molecule has 0 rings (SSSR count). The van der Waals surface area contributed by atoms with E-state index in [1.54, 1.807) is 0 Å². The minimum Gasteiger partial charge on any atom is -0.340 e. The highest BCUT2D eigenvalue weighted by Gasteiger charge is 2.26. The predicted octanol–water partition coefficient (Wildman–Crippen LogP) is 5.51. The van der Waals surface area contributed by atoms with Gasteiger partial charge in [-0.15, -0.1) is 0 Å². The molecule has 0 aliphatic carbocycles. The summed E-state index contributed by atoms with van der Waals surface area (Å²) in [6.45, 7) is 26.6. The van der Waals surface area contributed by atoms with Crippen LogP contribution in [0.25, 0.3) is 0 Å². The minimum atomic E-state index is -0.0426. The van der Waals surface area contributed by atoms with Crippen molar-refractivity contribution >= 4 is 22.3 Å². The second kappa shape index (κ2) is 5.28. The molecule has 0 N–H and O–H groups in total. The van der Waals surface area contributed by atoms with Crippen LogP contribution < -0.4 is 0 Å². The van der Waals surface area contributed by atoms with Gasteiger partial charge in [0.15, 0.2) is 0 Å². The summed E-state index contributed by atoms with van der Waals surface area (Å²) in [5, 5.41) is 1.30. The molecular formula is C13H30BP2-. The van der Waals surface area contributed by atoms with E-state index in [9.17, 15) is 0 Å². The van der Waals surface area contributed by atoms with Crippen LogP contribution in [0.3, 0.4) is 0 Å². The van der Waals surface area contributed by atoms with E-state index in [2.05, 4.69) is 75.7 Å². The lowest BCUT2D eigenvalue weighted by atomic mass is 10.2. The lowest BCUT2D eigenvalue weighted by Crippen LogP contribution is -2.29. The topological polar surface area (TPSA) is 0 Å². The zero-order valence-corrected chi connectivity index (χ0v) is 14.8. The molecule has 0 fully saturated rings. The van der Waals surface area contributed by atoms with Crippen LogP contribution in [0, 0.1) is 0 Å². The molecule has 0 aromatic rings. The van der Waals surface area contributed by atoms with Crippen LogP contribution in [0.2, 0.25) is 0 Å². The quantitative estimate of drug-likeness (QED) is 0.453. The summed E-state index contributed by atoms with van der Waals surface area (Å²) >= 11 is 0. The molecule has 0 aliphatic rings. The zero-order chi connectivity index (χ0) is 13.4. The Hall–Kier alpha value is 0.925. The SMILES string of the molecule is CP([B-]P(C(C)(C)C)C(C)(C)C)C(C)(C)C. The van der Waals surface area contributed by atoms with E-state index >= 15 is 0 Å². The van der Waals surface area contributed by atoms with Crippen molar-refractivity contribution in [2.24, 2.45) is 0 Å². The van der Waals surface area contributed by atoms with Crippen LogP contribution in [0.15, 0.2) is 0 Å². The molecular weight excluding hydrogens is 229 g/mol. The van der Waals surface area contributed by atoms with E-state index < -0.39 is 0 Å². The summed E-state index contributed by atoms with van der Waals surface area (Å²) in [6, 6.07) is 0. The fraction of sp³-hybridized carbons (Fsp3) is 1.00. The molecule has 0 aliphatic heterocycles. The summed E-state index contributed by atoms with van der Waals surface area (Å²) in [4.78, 5) is 0. The number of rotatable bonds is 2. The Morgan fingerprint density at radius 2 is 0.938 bits per heavy atom. The molecule has 0 aromatic heterocycles. The van der Waals surface area contributed by atoms with Crippen molar-refractivity contribution in [1.82, 2.24) is 0 Å². The van der Waals surface area contributed by atoms with Gasteiger partial charge in [0.1, 0.15) is 0 Å². The van der Waals surface area contributed by atoms with Gasteiger partial charge in [-0.2, -0.15) is 0 Å². The maximum Gasteiger partial charge on any atom is -0.0565 e. The zero-order valence-electron chi connectivity index (χ0n) is 13.0. The van der Waals surface area contributed by atoms with Crippen molar-refractivity contribution in [2.75, 3.05) is 6.66 Å². The Labute approximate surface area is 107 Å². The first kappa shape index (κ1) is 16.9. The van der Waals surface area contributed by atoms with Gasteiger partial charge in [0.05, 0.1) is 0 Å². The first-order chi connectivity index (χ1) is 6.76. The van der Waals surface area contributed by atoms with Crippen LogP contribution in [-0.2, 0) is 0 Å². The highest BCUT2D eigenvalue weighted by molar-refractivity contribution is 8.16. The van der Waals surface area contributed by atoms with E-state index in [0.717, 1.165) is 0 Å². The number of hydrogen-bond donors (Lipinski definition) is 0. The van der Waals surface area contributed by atoms with Gasteiger partial charge < -0.3 is 15.6 Å². The summed E-state index contributed by atoms with van der Waals surface area (Å²) in [7, 11) is -0.0284. The molecule has 0 aromatic carbocycles. The van der Waals surface area contributed by atoms with E-state index in [4.69, 9.17) is 0 Å². The monoisotopic (exact) mass is 259 g/mol. The summed E-state index contributed by atoms with van der Waals surface area (Å²) in [5.74, 6) is 0. The second-order valence-corrected chi connectivity index (χ2v) is 14.5. The fourth-order valence-electron chi connectivity index (χ4n) is 1.70. The normalized spacial score (nSPS) is 16.7. The lowest BCUT2D eigenvalue weighted by molar-refractivity contribution is 0.719. The van der Waals surface area contributed by atoms with Gasteiger partial charge in [0.2, 0.25) is 0 Å². The Morgan fingerprint density at radius 1 is 0.625 bits per heavy atom. The molecule has 96 valence electrons. The highest BCUT2D eigenvalue weighted by atomic mass is 31.2. The second-order valence-electron chi connectivity index (χ2n) is 7.61. The van der Waals surface area contributed by atoms with Gasteiger partial charge >= 0.3 is 0 Å². The maximum atomic E-state index is 2.71. The van der Waals surface area contributed by atoms with Crippen molar-refractivity contribution in [2.45, 2.75) is 77.8 Å². The third-order valence-electron chi connectivity index (χ3n) is 2.79. The molecule has 0 nitrogen and oxygen atoms in total. The molecule has 0 spiro atoms. The minimum absolute atomic E-state index is 0.0143. The van der Waals surface area contributed by atoms with E-state index in [1.165, 1.54) is 0 Å². The first-order valence-electron chi connectivity index (χ1n) is 6.13. The number of hydrogen-bond acceptors (Lipinski definition) is 0. The van der Waals surface area contributed by atoms with Crippen molar-refractivity contribution in [1.29, 1.82) is 0 Å². The average Bonchev–Trinajstić information content (AvgIpc) is 1.92. The van der Waals surface area contributed by atoms with Gasteiger partial charge in [-0.3, -0.25) is 6.72 Å². The summed E-state index contributed by atoms with van der Waals surface area (Å²) in [5.41, 5.74) is 0. The molecule has 0 bridgehead atoms. The van der Waals surface area contributed by atoms with E-state index in [1.807, 2.05) is 0 Å². The van der Waals surface area contributed by atoms with Crippen molar-refractivity contribution < 1.29 is 0 Å². The Kier molecular flexibility index (Phi) is 5.58. The standard InChI is InChI=1S/C13H30BP2/c1-11(2,3)15(10)14-16(12(4,5)6)13(7,8)9/h1-10H3/q-1. The van der Waals surface area contributed by atoms with Gasteiger partial charge in [0, 0.05) is 0 Å². The fourth-order valence-corrected chi connectivity index (χ4v) is 9.25. The van der Waals surface area contributed by atoms with Gasteiger partial charge in [-0.25, -0.2) is 0 Å². The van der Waals surface area contributed by atoms with Gasteiger partial charge in [-0.05, 0) is 0 Å². The largest absolute Gasteiger partial charge is 0.340 e. The van der Waals surface area contributed by atoms with E-state index in [-0.39, 0.29) is 15.6 Å². The van der Waals surface area contributed by atoms with Crippen molar-refractivity contribution in [3.63, 3.8) is 0 Å². The molecule has 0 saturated carbocycles. The summed E-state index contributed by atoms with van der Waals surface area (Å²) < 4.78 is 0. The predicted molar refractivity (Wildman–Crippen MR) is 84.8 cm³/mol. The maximum absolute atomic E-state index is 2.71. The van der Waals surface area contributed by atoms with Crippen LogP contribution in [0.5, 0.6) is 0 Å². The summed E-state index contributed by atoms with van der Waals surface area (Å²) in [6.07, 6.45) is 0. The third-order valence-corrected chi connectivity index (χ3v) is 10.1. The molecule has 0 heterocycles. The Bertz CT molecular complexity index is 204. The van der Waals surface area contributed by atoms with Crippen molar-refractivity contribution in [3.8, 4) is 0 Å². The van der Waals surface area contributed by atoms with Crippen LogP contribution in [0.1, 0.15) is 62.3 Å². The van der Waals surface area contributed by atoms with Crippen LogP contribution in [-0.4, -0.2) is 28.9 Å². The smallest absolute Gasteiger partial charge is 0.0565 e. The van der Waals surface area contributed by atoms with E-state index in [0.29, 0.717) is 15.5 Å². The molecule has 0 amide bonds. The molecule has 1 unspecified atom stereocenters. The van der Waals surface area contributed by atoms with Crippen molar-refractivity contribution in [3.05, 3.63) is 0 Å². The lowest BCUT2D eigenvalue weighted by Gasteiger charge is -2.57. The first-order valence-corrected chi connectivity index (χ1v) is 9.40.